The molecule has 2 aromatic carbocycles. The van der Waals surface area contributed by atoms with Crippen LogP contribution in [0.1, 0.15) is 16.7 Å². The van der Waals surface area contributed by atoms with Gasteiger partial charge in [0.2, 0.25) is 0 Å². The molecule has 0 aliphatic rings. The third kappa shape index (κ3) is 3.74. The maximum absolute atomic E-state index is 8.83. The minimum Gasteiger partial charge on any atom is -0.298 e. The number of hydrogen-bond acceptors (Lipinski definition) is 2. The lowest BCUT2D eigenvalue weighted by Crippen LogP contribution is -2.17. The zero-order chi connectivity index (χ0) is 14.5. The van der Waals surface area contributed by atoms with Crippen LogP contribution in [0.4, 0.5) is 0 Å². The lowest BCUT2D eigenvalue weighted by Gasteiger charge is -2.18. The van der Waals surface area contributed by atoms with Crippen LogP contribution in [0.3, 0.4) is 0 Å². The molecular formula is C16H14Cl2N2. The third-order valence-electron chi connectivity index (χ3n) is 3.02. The summed E-state index contributed by atoms with van der Waals surface area (Å²) in [5.74, 6) is 0. The molecule has 2 nitrogen and oxygen atoms in total. The Balaban J connectivity index is 2.07. The van der Waals surface area contributed by atoms with Gasteiger partial charge in [0.25, 0.3) is 0 Å². The molecule has 0 aromatic heterocycles. The Bertz CT molecular complexity index is 647. The predicted octanol–water partition coefficient (Wildman–Crippen LogP) is 4.50. The summed E-state index contributed by atoms with van der Waals surface area (Å²) in [4.78, 5) is 2.13. The van der Waals surface area contributed by atoms with E-state index in [1.165, 1.54) is 0 Å². The molecule has 0 spiro atoms. The van der Waals surface area contributed by atoms with Gasteiger partial charge in [-0.3, -0.25) is 4.90 Å². The van der Waals surface area contributed by atoms with E-state index >= 15 is 0 Å². The van der Waals surface area contributed by atoms with Gasteiger partial charge in [-0.1, -0.05) is 47.5 Å². The van der Waals surface area contributed by atoms with Crippen molar-refractivity contribution in [2.45, 2.75) is 13.1 Å². The van der Waals surface area contributed by atoms with E-state index in [4.69, 9.17) is 28.5 Å². The number of hydrogen-bond donors (Lipinski definition) is 0. The monoisotopic (exact) mass is 304 g/mol. The van der Waals surface area contributed by atoms with Crippen LogP contribution in [0.15, 0.2) is 42.5 Å². The summed E-state index contributed by atoms with van der Waals surface area (Å²) in [5, 5.41) is 10.2. The van der Waals surface area contributed by atoms with Crippen molar-refractivity contribution in [3.63, 3.8) is 0 Å². The molecule has 4 heteroatoms. The van der Waals surface area contributed by atoms with E-state index < -0.39 is 0 Å². The molecule has 102 valence electrons. The average molecular weight is 305 g/mol. The van der Waals surface area contributed by atoms with E-state index in [1.54, 1.807) is 12.1 Å². The fourth-order valence-corrected chi connectivity index (χ4v) is 2.45. The molecule has 0 bridgehead atoms. The summed E-state index contributed by atoms with van der Waals surface area (Å²) in [7, 11) is 2.01. The van der Waals surface area contributed by atoms with Gasteiger partial charge in [-0.2, -0.15) is 5.26 Å². The first kappa shape index (κ1) is 14.9. The van der Waals surface area contributed by atoms with Crippen molar-refractivity contribution in [2.24, 2.45) is 0 Å². The molecule has 0 heterocycles. The summed E-state index contributed by atoms with van der Waals surface area (Å²) < 4.78 is 0. The first-order valence-electron chi connectivity index (χ1n) is 6.20. The van der Waals surface area contributed by atoms with Gasteiger partial charge in [-0.15, -0.1) is 0 Å². The second-order valence-electron chi connectivity index (χ2n) is 4.68. The molecule has 0 saturated heterocycles. The van der Waals surface area contributed by atoms with Crippen LogP contribution in [0.5, 0.6) is 0 Å². The fraction of sp³-hybridized carbons (Fsp3) is 0.188. The largest absolute Gasteiger partial charge is 0.298 e. The van der Waals surface area contributed by atoms with Crippen LogP contribution < -0.4 is 0 Å². The topological polar surface area (TPSA) is 27.0 Å². The van der Waals surface area contributed by atoms with Gasteiger partial charge in [0.1, 0.15) is 0 Å². The van der Waals surface area contributed by atoms with Crippen molar-refractivity contribution in [3.05, 3.63) is 69.2 Å². The van der Waals surface area contributed by atoms with E-state index in [2.05, 4.69) is 11.0 Å². The minimum absolute atomic E-state index is 0.576. The van der Waals surface area contributed by atoms with Gasteiger partial charge in [0, 0.05) is 23.1 Å². The van der Waals surface area contributed by atoms with Crippen LogP contribution in [0.2, 0.25) is 10.0 Å². The maximum Gasteiger partial charge on any atom is 0.0992 e. The summed E-state index contributed by atoms with van der Waals surface area (Å²) in [6.07, 6.45) is 0. The maximum atomic E-state index is 8.83. The molecular weight excluding hydrogens is 291 g/mol. The number of halogens is 2. The first-order chi connectivity index (χ1) is 9.60. The number of benzene rings is 2. The molecule has 0 saturated carbocycles. The Morgan fingerprint density at radius 1 is 1.00 bits per heavy atom. The Labute approximate surface area is 129 Å². The quantitative estimate of drug-likeness (QED) is 0.831. The molecule has 2 aromatic rings. The van der Waals surface area contributed by atoms with Gasteiger partial charge < -0.3 is 0 Å². The van der Waals surface area contributed by atoms with Crippen LogP contribution in [0, 0.1) is 11.3 Å². The van der Waals surface area contributed by atoms with E-state index in [1.807, 2.05) is 37.4 Å². The van der Waals surface area contributed by atoms with Gasteiger partial charge in [-0.25, -0.2) is 0 Å². The fourth-order valence-electron chi connectivity index (χ4n) is 2.01. The van der Waals surface area contributed by atoms with Crippen molar-refractivity contribution >= 4 is 23.2 Å². The lowest BCUT2D eigenvalue weighted by atomic mass is 10.1. The second kappa shape index (κ2) is 6.76. The zero-order valence-corrected chi connectivity index (χ0v) is 12.6. The van der Waals surface area contributed by atoms with Gasteiger partial charge in [-0.05, 0) is 36.4 Å². The highest BCUT2D eigenvalue weighted by atomic mass is 35.5. The number of nitriles is 1. The van der Waals surface area contributed by atoms with E-state index in [9.17, 15) is 0 Å². The molecule has 0 radical (unpaired) electrons. The normalized spacial score (nSPS) is 10.6. The molecule has 0 atom stereocenters. The molecule has 0 aliphatic carbocycles. The highest BCUT2D eigenvalue weighted by Crippen LogP contribution is 2.21. The Morgan fingerprint density at radius 2 is 1.65 bits per heavy atom. The van der Waals surface area contributed by atoms with Crippen LogP contribution in [-0.2, 0) is 13.1 Å². The first-order valence-corrected chi connectivity index (χ1v) is 6.96. The molecule has 20 heavy (non-hydrogen) atoms. The molecule has 0 amide bonds. The van der Waals surface area contributed by atoms with E-state index in [-0.39, 0.29) is 0 Å². The summed E-state index contributed by atoms with van der Waals surface area (Å²) >= 11 is 12.3. The molecule has 0 fully saturated rings. The molecule has 0 aliphatic heterocycles. The van der Waals surface area contributed by atoms with Crippen LogP contribution in [-0.4, -0.2) is 11.9 Å². The smallest absolute Gasteiger partial charge is 0.0992 e. The van der Waals surface area contributed by atoms with Crippen molar-refractivity contribution in [1.29, 1.82) is 5.26 Å². The third-order valence-corrected chi connectivity index (χ3v) is 3.74. The summed E-state index contributed by atoms with van der Waals surface area (Å²) in [5.41, 5.74) is 2.66. The van der Waals surface area contributed by atoms with E-state index in [0.717, 1.165) is 22.7 Å². The van der Waals surface area contributed by atoms with Crippen molar-refractivity contribution in [3.8, 4) is 6.07 Å². The Kier molecular flexibility index (Phi) is 5.03. The van der Waals surface area contributed by atoms with Gasteiger partial charge in [0.15, 0.2) is 0 Å². The lowest BCUT2D eigenvalue weighted by molar-refractivity contribution is 0.319. The van der Waals surface area contributed by atoms with Crippen molar-refractivity contribution in [2.75, 3.05) is 7.05 Å². The standard InChI is InChI=1S/C16H14Cl2N2/c1-20(10-13-4-2-3-5-15(13)17)11-14-7-6-12(9-19)8-16(14)18/h2-8H,10-11H2,1H3. The highest BCUT2D eigenvalue weighted by molar-refractivity contribution is 6.31. The highest BCUT2D eigenvalue weighted by Gasteiger charge is 2.08. The Hall–Kier alpha value is -1.53. The molecule has 0 N–H and O–H groups in total. The SMILES string of the molecule is CN(Cc1ccccc1Cl)Cc1ccc(C#N)cc1Cl. The predicted molar refractivity (Wildman–Crippen MR) is 82.8 cm³/mol. The molecule has 2 rings (SSSR count). The number of nitrogens with zero attached hydrogens (tertiary/aromatic N) is 2. The van der Waals surface area contributed by atoms with Crippen molar-refractivity contribution < 1.29 is 0 Å². The summed E-state index contributed by atoms with van der Waals surface area (Å²) in [6, 6.07) is 15.2. The van der Waals surface area contributed by atoms with Crippen molar-refractivity contribution in [1.82, 2.24) is 4.90 Å². The van der Waals surface area contributed by atoms with E-state index in [0.29, 0.717) is 17.1 Å². The van der Waals surface area contributed by atoms with Gasteiger partial charge >= 0.3 is 0 Å². The zero-order valence-electron chi connectivity index (χ0n) is 11.1. The average Bonchev–Trinajstić information content (AvgIpc) is 2.43. The summed E-state index contributed by atoms with van der Waals surface area (Å²) in [6.45, 7) is 1.45. The Morgan fingerprint density at radius 3 is 2.25 bits per heavy atom. The number of rotatable bonds is 4. The van der Waals surface area contributed by atoms with Gasteiger partial charge in [0.05, 0.1) is 11.6 Å². The second-order valence-corrected chi connectivity index (χ2v) is 5.50. The van der Waals surface area contributed by atoms with Crippen LogP contribution in [0.25, 0.3) is 0 Å². The van der Waals surface area contributed by atoms with Crippen LogP contribution >= 0.6 is 23.2 Å². The molecule has 0 unspecified atom stereocenters. The minimum atomic E-state index is 0.576.